The molecular weight excluding hydrogens is 220 g/mol. The molecule has 0 spiro atoms. The van der Waals surface area contributed by atoms with Crippen LogP contribution in [0, 0.1) is 0 Å². The van der Waals surface area contributed by atoms with Gasteiger partial charge in [0.15, 0.2) is 0 Å². The van der Waals surface area contributed by atoms with E-state index in [1.54, 1.807) is 13.3 Å². The Kier molecular flexibility index (Phi) is 1.77. The number of nitrogens with zero attached hydrogens (tertiary/aromatic N) is 2. The van der Waals surface area contributed by atoms with E-state index in [1.807, 2.05) is 22.7 Å². The third kappa shape index (κ3) is 1.08. The van der Waals surface area contributed by atoms with Gasteiger partial charge in [-0.15, -0.1) is 0 Å². The first kappa shape index (κ1) is 7.61. The lowest BCUT2D eigenvalue weighted by molar-refractivity contribution is 0.412. The SMILES string of the molecule is COc1ccc2ncc(Br)n2c1. The second kappa shape index (κ2) is 2.79. The number of fused-ring (bicyclic) bond motifs is 1. The standard InChI is InChI=1S/C8H7BrN2O/c1-12-6-2-3-8-10-4-7(9)11(8)5-6/h2-5H,1H3. The van der Waals surface area contributed by atoms with Crippen molar-refractivity contribution in [3.63, 3.8) is 0 Å². The summed E-state index contributed by atoms with van der Waals surface area (Å²) in [6.07, 6.45) is 3.64. The molecule has 12 heavy (non-hydrogen) atoms. The Morgan fingerprint density at radius 3 is 3.08 bits per heavy atom. The van der Waals surface area contributed by atoms with Gasteiger partial charge >= 0.3 is 0 Å². The summed E-state index contributed by atoms with van der Waals surface area (Å²) in [6, 6.07) is 3.79. The fourth-order valence-electron chi connectivity index (χ4n) is 1.05. The Labute approximate surface area is 78.1 Å². The molecule has 62 valence electrons. The van der Waals surface area contributed by atoms with Crippen molar-refractivity contribution in [1.29, 1.82) is 0 Å². The lowest BCUT2D eigenvalue weighted by Gasteiger charge is -2.00. The quantitative estimate of drug-likeness (QED) is 0.745. The monoisotopic (exact) mass is 226 g/mol. The summed E-state index contributed by atoms with van der Waals surface area (Å²) in [5, 5.41) is 0. The van der Waals surface area contributed by atoms with Crippen LogP contribution in [0.1, 0.15) is 0 Å². The average molecular weight is 227 g/mol. The van der Waals surface area contributed by atoms with Gasteiger partial charge in [-0.25, -0.2) is 4.98 Å². The molecule has 3 nitrogen and oxygen atoms in total. The Morgan fingerprint density at radius 1 is 1.50 bits per heavy atom. The molecule has 2 aromatic rings. The molecule has 0 amide bonds. The number of hydrogen-bond donors (Lipinski definition) is 0. The van der Waals surface area contributed by atoms with E-state index in [0.717, 1.165) is 16.0 Å². The number of rotatable bonds is 1. The highest BCUT2D eigenvalue weighted by molar-refractivity contribution is 9.10. The van der Waals surface area contributed by atoms with Crippen LogP contribution in [0.15, 0.2) is 29.1 Å². The highest BCUT2D eigenvalue weighted by atomic mass is 79.9. The van der Waals surface area contributed by atoms with E-state index in [4.69, 9.17) is 4.74 Å². The molecule has 2 aromatic heterocycles. The molecular formula is C8H7BrN2O. The summed E-state index contributed by atoms with van der Waals surface area (Å²) in [5.41, 5.74) is 0.905. The highest BCUT2D eigenvalue weighted by Crippen LogP contribution is 2.17. The summed E-state index contributed by atoms with van der Waals surface area (Å²) in [7, 11) is 1.64. The first-order valence-corrected chi connectivity index (χ1v) is 4.27. The van der Waals surface area contributed by atoms with Crippen molar-refractivity contribution >= 4 is 21.6 Å². The minimum atomic E-state index is 0.821. The van der Waals surface area contributed by atoms with Crippen LogP contribution in [-0.4, -0.2) is 16.5 Å². The Bertz CT molecular complexity index is 410. The van der Waals surface area contributed by atoms with Gasteiger partial charge in [-0.3, -0.25) is 4.40 Å². The lowest BCUT2D eigenvalue weighted by Crippen LogP contribution is -1.88. The van der Waals surface area contributed by atoms with E-state index in [1.165, 1.54) is 0 Å². The van der Waals surface area contributed by atoms with Crippen LogP contribution in [0.4, 0.5) is 0 Å². The van der Waals surface area contributed by atoms with Gasteiger partial charge in [0.2, 0.25) is 0 Å². The minimum absolute atomic E-state index is 0.821. The van der Waals surface area contributed by atoms with Crippen LogP contribution >= 0.6 is 15.9 Å². The van der Waals surface area contributed by atoms with Gasteiger partial charge in [-0.05, 0) is 28.1 Å². The van der Waals surface area contributed by atoms with Crippen LogP contribution in [0.25, 0.3) is 5.65 Å². The van der Waals surface area contributed by atoms with E-state index in [2.05, 4.69) is 20.9 Å². The fraction of sp³-hybridized carbons (Fsp3) is 0.125. The van der Waals surface area contributed by atoms with Crippen molar-refractivity contribution in [2.45, 2.75) is 0 Å². The van der Waals surface area contributed by atoms with Crippen LogP contribution in [0.5, 0.6) is 5.75 Å². The molecule has 0 bridgehead atoms. The zero-order valence-electron chi connectivity index (χ0n) is 6.49. The van der Waals surface area contributed by atoms with E-state index < -0.39 is 0 Å². The third-order valence-corrected chi connectivity index (χ3v) is 2.26. The molecule has 0 saturated carbocycles. The Hall–Kier alpha value is -1.03. The van der Waals surface area contributed by atoms with Crippen molar-refractivity contribution in [2.24, 2.45) is 0 Å². The van der Waals surface area contributed by atoms with Crippen molar-refractivity contribution in [2.75, 3.05) is 7.11 Å². The molecule has 4 heteroatoms. The van der Waals surface area contributed by atoms with Crippen molar-refractivity contribution in [3.05, 3.63) is 29.1 Å². The zero-order valence-corrected chi connectivity index (χ0v) is 8.08. The molecule has 0 aliphatic rings. The van der Waals surface area contributed by atoms with Crippen LogP contribution in [0.2, 0.25) is 0 Å². The molecule has 0 saturated heterocycles. The highest BCUT2D eigenvalue weighted by Gasteiger charge is 1.99. The smallest absolute Gasteiger partial charge is 0.137 e. The number of ether oxygens (including phenoxy) is 1. The van der Waals surface area contributed by atoms with Gasteiger partial charge < -0.3 is 4.74 Å². The number of imidazole rings is 1. The molecule has 0 unspecified atom stereocenters. The normalized spacial score (nSPS) is 10.5. The van der Waals surface area contributed by atoms with Gasteiger partial charge in [-0.2, -0.15) is 0 Å². The maximum Gasteiger partial charge on any atom is 0.137 e. The minimum Gasteiger partial charge on any atom is -0.495 e. The van der Waals surface area contributed by atoms with E-state index in [9.17, 15) is 0 Å². The van der Waals surface area contributed by atoms with E-state index >= 15 is 0 Å². The maximum atomic E-state index is 5.08. The first-order chi connectivity index (χ1) is 5.81. The number of aromatic nitrogens is 2. The second-order valence-corrected chi connectivity index (χ2v) is 3.19. The average Bonchev–Trinajstić information content (AvgIpc) is 2.47. The molecule has 0 atom stereocenters. The molecule has 0 radical (unpaired) electrons. The summed E-state index contributed by atoms with van der Waals surface area (Å²) >= 11 is 3.38. The first-order valence-electron chi connectivity index (χ1n) is 3.48. The van der Waals surface area contributed by atoms with E-state index in [0.29, 0.717) is 0 Å². The Morgan fingerprint density at radius 2 is 2.33 bits per heavy atom. The number of hydrogen-bond acceptors (Lipinski definition) is 2. The van der Waals surface area contributed by atoms with Crippen molar-refractivity contribution < 1.29 is 4.74 Å². The Balaban J connectivity index is 2.71. The topological polar surface area (TPSA) is 26.5 Å². The summed E-state index contributed by atoms with van der Waals surface area (Å²) < 4.78 is 7.92. The number of methoxy groups -OCH3 is 1. The molecule has 2 rings (SSSR count). The number of halogens is 1. The van der Waals surface area contributed by atoms with Crippen LogP contribution in [-0.2, 0) is 0 Å². The zero-order chi connectivity index (χ0) is 8.55. The number of pyridine rings is 1. The molecule has 0 N–H and O–H groups in total. The van der Waals surface area contributed by atoms with Crippen molar-refractivity contribution in [3.8, 4) is 5.75 Å². The largest absolute Gasteiger partial charge is 0.495 e. The van der Waals surface area contributed by atoms with Gasteiger partial charge in [0.05, 0.1) is 19.5 Å². The predicted molar refractivity (Wildman–Crippen MR) is 49.4 cm³/mol. The predicted octanol–water partition coefficient (Wildman–Crippen LogP) is 2.11. The van der Waals surface area contributed by atoms with Gasteiger partial charge in [0.25, 0.3) is 0 Å². The molecule has 0 aromatic carbocycles. The van der Waals surface area contributed by atoms with E-state index in [-0.39, 0.29) is 0 Å². The molecule has 0 aliphatic heterocycles. The van der Waals surface area contributed by atoms with Crippen LogP contribution < -0.4 is 4.74 Å². The van der Waals surface area contributed by atoms with Crippen molar-refractivity contribution in [1.82, 2.24) is 9.38 Å². The van der Waals surface area contributed by atoms with Crippen LogP contribution in [0.3, 0.4) is 0 Å². The second-order valence-electron chi connectivity index (χ2n) is 2.38. The van der Waals surface area contributed by atoms with Gasteiger partial charge in [0.1, 0.15) is 16.0 Å². The molecule has 0 fully saturated rings. The summed E-state index contributed by atoms with van der Waals surface area (Å²) in [5.74, 6) is 0.821. The van der Waals surface area contributed by atoms with Gasteiger partial charge in [0, 0.05) is 0 Å². The molecule has 0 aliphatic carbocycles. The lowest BCUT2D eigenvalue weighted by atomic mass is 10.4. The van der Waals surface area contributed by atoms with Gasteiger partial charge in [-0.1, -0.05) is 0 Å². The third-order valence-electron chi connectivity index (χ3n) is 1.67. The fourth-order valence-corrected chi connectivity index (χ4v) is 1.44. The molecule has 2 heterocycles. The summed E-state index contributed by atoms with van der Waals surface area (Å²) in [4.78, 5) is 4.15. The summed E-state index contributed by atoms with van der Waals surface area (Å²) in [6.45, 7) is 0. The maximum absolute atomic E-state index is 5.08.